The number of likely N-dealkylation sites (N-methyl/N-ethyl adjacent to an activating group) is 1. The molecule has 0 radical (unpaired) electrons. The van der Waals surface area contributed by atoms with Crippen LogP contribution < -0.4 is 5.32 Å². The van der Waals surface area contributed by atoms with E-state index in [4.69, 9.17) is 11.6 Å². The maximum absolute atomic E-state index is 12.8. The van der Waals surface area contributed by atoms with Crippen LogP contribution in [0.5, 0.6) is 0 Å². The molecule has 0 aliphatic carbocycles. The summed E-state index contributed by atoms with van der Waals surface area (Å²) in [6.07, 6.45) is 2.95. The van der Waals surface area contributed by atoms with Crippen LogP contribution in [0.25, 0.3) is 6.08 Å². The van der Waals surface area contributed by atoms with Gasteiger partial charge in [-0.3, -0.25) is 9.59 Å². The average molecular weight is 347 g/mol. The molecular formula is C18H16ClFN2O2. The molecule has 0 atom stereocenters. The number of hydrogen-bond acceptors (Lipinski definition) is 2. The number of nitrogens with one attached hydrogen (secondary N) is 1. The lowest BCUT2D eigenvalue weighted by atomic mass is 10.2. The van der Waals surface area contributed by atoms with Crippen molar-refractivity contribution in [2.45, 2.75) is 0 Å². The van der Waals surface area contributed by atoms with Gasteiger partial charge in [0.25, 0.3) is 0 Å². The van der Waals surface area contributed by atoms with Crippen molar-refractivity contribution in [2.24, 2.45) is 0 Å². The van der Waals surface area contributed by atoms with Gasteiger partial charge in [-0.25, -0.2) is 4.39 Å². The number of amides is 2. The van der Waals surface area contributed by atoms with Crippen LogP contribution in [0.3, 0.4) is 0 Å². The van der Waals surface area contributed by atoms with Crippen molar-refractivity contribution in [3.8, 4) is 0 Å². The Labute approximate surface area is 144 Å². The number of benzene rings is 2. The lowest BCUT2D eigenvalue weighted by Gasteiger charge is -2.14. The number of rotatable bonds is 5. The maximum atomic E-state index is 12.8. The predicted octanol–water partition coefficient (Wildman–Crippen LogP) is 3.59. The standard InChI is InChI=1S/C18H16ClFN2O2/c1-22(12-17(23)21-15-9-7-14(20)8-10-15)18(24)11-6-13-4-2-3-5-16(13)19/h2-11H,12H2,1H3,(H,21,23)/b11-6+. The van der Waals surface area contributed by atoms with Crippen molar-refractivity contribution in [1.29, 1.82) is 0 Å². The molecule has 0 spiro atoms. The third kappa shape index (κ3) is 5.21. The van der Waals surface area contributed by atoms with E-state index in [1.54, 1.807) is 24.3 Å². The Balaban J connectivity index is 1.90. The fourth-order valence-corrected chi connectivity index (χ4v) is 2.12. The number of carbonyl (C=O) groups is 2. The Morgan fingerprint density at radius 1 is 1.17 bits per heavy atom. The average Bonchev–Trinajstić information content (AvgIpc) is 2.56. The molecule has 0 heterocycles. The van der Waals surface area contributed by atoms with Gasteiger partial charge in [0.15, 0.2) is 0 Å². The third-order valence-corrected chi connectivity index (χ3v) is 3.54. The fourth-order valence-electron chi connectivity index (χ4n) is 1.93. The molecule has 0 aliphatic rings. The normalized spacial score (nSPS) is 10.6. The largest absolute Gasteiger partial charge is 0.333 e. The molecule has 0 saturated carbocycles. The molecule has 0 aromatic heterocycles. The summed E-state index contributed by atoms with van der Waals surface area (Å²) in [4.78, 5) is 25.2. The molecule has 0 unspecified atom stereocenters. The molecule has 2 aromatic carbocycles. The van der Waals surface area contributed by atoms with Crippen LogP contribution in [0.1, 0.15) is 5.56 Å². The zero-order valence-electron chi connectivity index (χ0n) is 13.0. The van der Waals surface area contributed by atoms with Crippen LogP contribution in [0.4, 0.5) is 10.1 Å². The smallest absolute Gasteiger partial charge is 0.246 e. The predicted molar refractivity (Wildman–Crippen MR) is 93.2 cm³/mol. The van der Waals surface area contributed by atoms with Crippen LogP contribution in [0.15, 0.2) is 54.6 Å². The van der Waals surface area contributed by atoms with E-state index in [-0.39, 0.29) is 24.2 Å². The molecule has 2 aromatic rings. The first kappa shape index (κ1) is 17.7. The second kappa shape index (κ2) is 8.26. The van der Waals surface area contributed by atoms with E-state index in [1.165, 1.54) is 42.3 Å². The van der Waals surface area contributed by atoms with E-state index in [1.807, 2.05) is 6.07 Å². The van der Waals surface area contributed by atoms with Gasteiger partial charge in [0.1, 0.15) is 5.82 Å². The molecule has 0 bridgehead atoms. The summed E-state index contributed by atoms with van der Waals surface area (Å²) in [5.74, 6) is -1.09. The monoisotopic (exact) mass is 346 g/mol. The summed E-state index contributed by atoms with van der Waals surface area (Å²) in [5, 5.41) is 3.13. The SMILES string of the molecule is CN(CC(=O)Nc1ccc(F)cc1)C(=O)/C=C/c1ccccc1Cl. The zero-order chi connectivity index (χ0) is 17.5. The van der Waals surface area contributed by atoms with Gasteiger partial charge >= 0.3 is 0 Å². The number of nitrogens with zero attached hydrogens (tertiary/aromatic N) is 1. The second-order valence-corrected chi connectivity index (χ2v) is 5.51. The van der Waals surface area contributed by atoms with Crippen molar-refractivity contribution in [1.82, 2.24) is 4.90 Å². The molecule has 2 rings (SSSR count). The zero-order valence-corrected chi connectivity index (χ0v) is 13.8. The number of anilines is 1. The minimum Gasteiger partial charge on any atom is -0.333 e. The van der Waals surface area contributed by atoms with Gasteiger partial charge in [-0.05, 0) is 42.0 Å². The fraction of sp³-hybridized carbons (Fsp3) is 0.111. The molecule has 24 heavy (non-hydrogen) atoms. The summed E-state index contributed by atoms with van der Waals surface area (Å²) in [7, 11) is 1.52. The topological polar surface area (TPSA) is 49.4 Å². The Hall–Kier alpha value is -2.66. The minimum absolute atomic E-state index is 0.122. The van der Waals surface area contributed by atoms with Crippen molar-refractivity contribution >= 4 is 35.2 Å². The van der Waals surface area contributed by atoms with Gasteiger partial charge in [-0.1, -0.05) is 29.8 Å². The summed E-state index contributed by atoms with van der Waals surface area (Å²) in [6.45, 7) is -0.122. The van der Waals surface area contributed by atoms with Gasteiger partial charge in [0.2, 0.25) is 11.8 Å². The first-order chi connectivity index (χ1) is 11.5. The first-order valence-corrected chi connectivity index (χ1v) is 7.56. The Morgan fingerprint density at radius 2 is 1.83 bits per heavy atom. The third-order valence-electron chi connectivity index (χ3n) is 3.20. The molecule has 4 nitrogen and oxygen atoms in total. The Bertz CT molecular complexity index is 760. The molecule has 1 N–H and O–H groups in total. The van der Waals surface area contributed by atoms with Crippen LogP contribution >= 0.6 is 11.6 Å². The summed E-state index contributed by atoms with van der Waals surface area (Å²) in [6, 6.07) is 12.5. The second-order valence-electron chi connectivity index (χ2n) is 5.10. The summed E-state index contributed by atoms with van der Waals surface area (Å²) >= 11 is 6.01. The summed E-state index contributed by atoms with van der Waals surface area (Å²) < 4.78 is 12.8. The molecule has 124 valence electrons. The lowest BCUT2D eigenvalue weighted by molar-refractivity contribution is -0.129. The molecule has 2 amide bonds. The quantitative estimate of drug-likeness (QED) is 0.841. The highest BCUT2D eigenvalue weighted by Crippen LogP contribution is 2.16. The van der Waals surface area contributed by atoms with Crippen LogP contribution in [-0.2, 0) is 9.59 Å². The summed E-state index contributed by atoms with van der Waals surface area (Å²) in [5.41, 5.74) is 1.19. The number of halogens is 2. The van der Waals surface area contributed by atoms with Gasteiger partial charge in [-0.15, -0.1) is 0 Å². The van der Waals surface area contributed by atoms with Crippen molar-refractivity contribution in [3.05, 3.63) is 71.0 Å². The van der Waals surface area contributed by atoms with Crippen molar-refractivity contribution in [3.63, 3.8) is 0 Å². The highest BCUT2D eigenvalue weighted by Gasteiger charge is 2.11. The van der Waals surface area contributed by atoms with E-state index in [0.717, 1.165) is 5.56 Å². The van der Waals surface area contributed by atoms with Crippen LogP contribution in [0, 0.1) is 5.82 Å². The first-order valence-electron chi connectivity index (χ1n) is 7.19. The lowest BCUT2D eigenvalue weighted by Crippen LogP contribution is -2.33. The van der Waals surface area contributed by atoms with E-state index < -0.39 is 0 Å². The molecule has 6 heteroatoms. The molecular weight excluding hydrogens is 331 g/mol. The van der Waals surface area contributed by atoms with Gasteiger partial charge in [0.05, 0.1) is 6.54 Å². The minimum atomic E-state index is -0.384. The Morgan fingerprint density at radius 3 is 2.50 bits per heavy atom. The van der Waals surface area contributed by atoms with Crippen molar-refractivity contribution in [2.75, 3.05) is 18.9 Å². The highest BCUT2D eigenvalue weighted by atomic mass is 35.5. The van der Waals surface area contributed by atoms with Crippen molar-refractivity contribution < 1.29 is 14.0 Å². The van der Waals surface area contributed by atoms with Gasteiger partial charge < -0.3 is 10.2 Å². The molecule has 0 fully saturated rings. The number of carbonyl (C=O) groups excluding carboxylic acids is 2. The van der Waals surface area contributed by atoms with Gasteiger partial charge in [0, 0.05) is 23.8 Å². The van der Waals surface area contributed by atoms with E-state index in [2.05, 4.69) is 5.32 Å². The highest BCUT2D eigenvalue weighted by molar-refractivity contribution is 6.32. The Kier molecular flexibility index (Phi) is 6.09. The molecule has 0 saturated heterocycles. The van der Waals surface area contributed by atoms with E-state index in [9.17, 15) is 14.0 Å². The van der Waals surface area contributed by atoms with Crippen LogP contribution in [0.2, 0.25) is 5.02 Å². The number of hydrogen-bond donors (Lipinski definition) is 1. The van der Waals surface area contributed by atoms with E-state index in [0.29, 0.717) is 10.7 Å². The van der Waals surface area contributed by atoms with Crippen LogP contribution in [-0.4, -0.2) is 30.3 Å². The van der Waals surface area contributed by atoms with Gasteiger partial charge in [-0.2, -0.15) is 0 Å². The maximum Gasteiger partial charge on any atom is 0.246 e. The molecule has 0 aliphatic heterocycles. The van der Waals surface area contributed by atoms with E-state index >= 15 is 0 Å².